The summed E-state index contributed by atoms with van der Waals surface area (Å²) in [6.07, 6.45) is 1.15. The van der Waals surface area contributed by atoms with Gasteiger partial charge in [-0.2, -0.15) is 0 Å². The Morgan fingerprint density at radius 1 is 1.43 bits per heavy atom. The minimum absolute atomic E-state index is 0.0268. The van der Waals surface area contributed by atoms with E-state index in [1.165, 1.54) is 0 Å². The van der Waals surface area contributed by atoms with Gasteiger partial charge in [0.1, 0.15) is 0 Å². The Balaban J connectivity index is 2.47. The highest BCUT2D eigenvalue weighted by molar-refractivity contribution is 5.91. The van der Waals surface area contributed by atoms with Gasteiger partial charge in [0.25, 0.3) is 0 Å². The van der Waals surface area contributed by atoms with Crippen LogP contribution >= 0.6 is 0 Å². The average molecular weight is 193 g/mol. The first-order chi connectivity index (χ1) is 6.72. The molecule has 0 saturated heterocycles. The molecule has 0 bridgehead atoms. The van der Waals surface area contributed by atoms with Crippen LogP contribution in [0.5, 0.6) is 0 Å². The second-order valence-electron chi connectivity index (χ2n) is 3.07. The molecule has 1 amide bonds. The number of anilines is 2. The predicted octanol–water partition coefficient (Wildman–Crippen LogP) is 0.946. The van der Waals surface area contributed by atoms with Crippen molar-refractivity contribution in [2.24, 2.45) is 5.73 Å². The molecule has 0 aliphatic carbocycles. The fourth-order valence-electron chi connectivity index (χ4n) is 1.10. The molecule has 0 saturated carbocycles. The van der Waals surface area contributed by atoms with Gasteiger partial charge in [-0.1, -0.05) is 6.07 Å². The van der Waals surface area contributed by atoms with Crippen molar-refractivity contribution in [3.05, 3.63) is 24.3 Å². The summed E-state index contributed by atoms with van der Waals surface area (Å²) < 4.78 is 0. The number of hydrogen-bond acceptors (Lipinski definition) is 3. The van der Waals surface area contributed by atoms with Crippen LogP contribution in [0.2, 0.25) is 0 Å². The van der Waals surface area contributed by atoms with Crippen molar-refractivity contribution in [2.45, 2.75) is 12.8 Å². The molecule has 0 unspecified atom stereocenters. The van der Waals surface area contributed by atoms with Crippen molar-refractivity contribution in [1.29, 1.82) is 0 Å². The third kappa shape index (κ3) is 3.45. The summed E-state index contributed by atoms with van der Waals surface area (Å²) in [6, 6.07) is 7.10. The maximum Gasteiger partial charge on any atom is 0.224 e. The van der Waals surface area contributed by atoms with Crippen LogP contribution in [0.1, 0.15) is 12.8 Å². The number of amides is 1. The van der Waals surface area contributed by atoms with Crippen LogP contribution < -0.4 is 16.8 Å². The molecule has 4 nitrogen and oxygen atoms in total. The van der Waals surface area contributed by atoms with Crippen molar-refractivity contribution in [3.8, 4) is 0 Å². The van der Waals surface area contributed by atoms with Crippen LogP contribution in [0.4, 0.5) is 11.4 Å². The Kier molecular flexibility index (Phi) is 3.94. The molecule has 0 spiro atoms. The monoisotopic (exact) mass is 193 g/mol. The van der Waals surface area contributed by atoms with Crippen LogP contribution in [0, 0.1) is 0 Å². The zero-order valence-electron chi connectivity index (χ0n) is 7.99. The zero-order chi connectivity index (χ0) is 10.4. The summed E-state index contributed by atoms with van der Waals surface area (Å²) in [7, 11) is 0. The lowest BCUT2D eigenvalue weighted by Gasteiger charge is -2.04. The SMILES string of the molecule is NCCCC(=O)Nc1cccc(N)c1. The van der Waals surface area contributed by atoms with Gasteiger partial charge in [-0.05, 0) is 31.2 Å². The van der Waals surface area contributed by atoms with E-state index in [1.807, 2.05) is 0 Å². The van der Waals surface area contributed by atoms with Gasteiger partial charge >= 0.3 is 0 Å². The number of carbonyl (C=O) groups excluding carboxylic acids is 1. The van der Waals surface area contributed by atoms with Crippen LogP contribution in [-0.4, -0.2) is 12.5 Å². The van der Waals surface area contributed by atoms with Gasteiger partial charge in [-0.3, -0.25) is 4.79 Å². The number of carbonyl (C=O) groups is 1. The molecule has 0 aliphatic rings. The Labute approximate surface area is 83.3 Å². The molecule has 1 aromatic carbocycles. The molecule has 0 radical (unpaired) electrons. The molecule has 14 heavy (non-hydrogen) atoms. The van der Waals surface area contributed by atoms with E-state index >= 15 is 0 Å². The average Bonchev–Trinajstić information content (AvgIpc) is 2.15. The lowest BCUT2D eigenvalue weighted by molar-refractivity contribution is -0.116. The number of nitrogens with two attached hydrogens (primary N) is 2. The van der Waals surface area contributed by atoms with E-state index in [4.69, 9.17) is 11.5 Å². The van der Waals surface area contributed by atoms with Gasteiger partial charge in [0.15, 0.2) is 0 Å². The molecule has 5 N–H and O–H groups in total. The first-order valence-corrected chi connectivity index (χ1v) is 4.58. The molecule has 4 heteroatoms. The number of nitrogens with one attached hydrogen (secondary N) is 1. The van der Waals surface area contributed by atoms with Crippen LogP contribution in [0.3, 0.4) is 0 Å². The van der Waals surface area contributed by atoms with E-state index in [-0.39, 0.29) is 5.91 Å². The number of rotatable bonds is 4. The molecule has 1 rings (SSSR count). The first-order valence-electron chi connectivity index (χ1n) is 4.58. The van der Waals surface area contributed by atoms with E-state index in [2.05, 4.69) is 5.32 Å². The summed E-state index contributed by atoms with van der Waals surface area (Å²) in [5.74, 6) is -0.0268. The van der Waals surface area contributed by atoms with E-state index < -0.39 is 0 Å². The quantitative estimate of drug-likeness (QED) is 0.622. The van der Waals surface area contributed by atoms with Gasteiger partial charge in [0, 0.05) is 17.8 Å². The summed E-state index contributed by atoms with van der Waals surface area (Å²) >= 11 is 0. The van der Waals surface area contributed by atoms with Crippen LogP contribution in [0.25, 0.3) is 0 Å². The molecular weight excluding hydrogens is 178 g/mol. The second kappa shape index (κ2) is 5.24. The molecule has 1 aromatic rings. The van der Waals surface area contributed by atoms with E-state index in [0.29, 0.717) is 25.1 Å². The molecular formula is C10H15N3O. The maximum absolute atomic E-state index is 11.3. The van der Waals surface area contributed by atoms with Crippen molar-refractivity contribution in [1.82, 2.24) is 0 Å². The van der Waals surface area contributed by atoms with Crippen molar-refractivity contribution in [3.63, 3.8) is 0 Å². The highest BCUT2D eigenvalue weighted by atomic mass is 16.1. The fraction of sp³-hybridized carbons (Fsp3) is 0.300. The molecule has 76 valence electrons. The minimum Gasteiger partial charge on any atom is -0.399 e. The summed E-state index contributed by atoms with van der Waals surface area (Å²) in [6.45, 7) is 0.532. The topological polar surface area (TPSA) is 81.1 Å². The Bertz CT molecular complexity index is 312. The van der Waals surface area contributed by atoms with E-state index in [0.717, 1.165) is 5.69 Å². The van der Waals surface area contributed by atoms with Gasteiger partial charge in [0.2, 0.25) is 5.91 Å². The minimum atomic E-state index is -0.0268. The molecule has 0 atom stereocenters. The van der Waals surface area contributed by atoms with Crippen molar-refractivity contribution in [2.75, 3.05) is 17.6 Å². The number of nitrogen functional groups attached to an aromatic ring is 1. The highest BCUT2D eigenvalue weighted by Gasteiger charge is 2.00. The predicted molar refractivity (Wildman–Crippen MR) is 57.8 cm³/mol. The second-order valence-corrected chi connectivity index (χ2v) is 3.07. The van der Waals surface area contributed by atoms with Gasteiger partial charge in [-0.15, -0.1) is 0 Å². The summed E-state index contributed by atoms with van der Waals surface area (Å²) in [4.78, 5) is 11.3. The van der Waals surface area contributed by atoms with Gasteiger partial charge in [0.05, 0.1) is 0 Å². The molecule has 0 fully saturated rings. The first kappa shape index (κ1) is 10.5. The maximum atomic E-state index is 11.3. The van der Waals surface area contributed by atoms with Gasteiger partial charge < -0.3 is 16.8 Å². The smallest absolute Gasteiger partial charge is 0.224 e. The lowest BCUT2D eigenvalue weighted by atomic mass is 10.2. The van der Waals surface area contributed by atoms with E-state index in [1.54, 1.807) is 24.3 Å². The van der Waals surface area contributed by atoms with Gasteiger partial charge in [-0.25, -0.2) is 0 Å². The van der Waals surface area contributed by atoms with Crippen LogP contribution in [-0.2, 0) is 4.79 Å². The fourth-order valence-corrected chi connectivity index (χ4v) is 1.10. The number of hydrogen-bond donors (Lipinski definition) is 3. The molecule has 0 aliphatic heterocycles. The van der Waals surface area contributed by atoms with Crippen molar-refractivity contribution >= 4 is 17.3 Å². The number of benzene rings is 1. The largest absolute Gasteiger partial charge is 0.399 e. The Morgan fingerprint density at radius 3 is 2.86 bits per heavy atom. The normalized spacial score (nSPS) is 9.79. The lowest BCUT2D eigenvalue weighted by Crippen LogP contribution is -2.13. The van der Waals surface area contributed by atoms with Crippen molar-refractivity contribution < 1.29 is 4.79 Å². The third-order valence-corrected chi connectivity index (χ3v) is 1.78. The summed E-state index contributed by atoms with van der Waals surface area (Å²) in [5, 5.41) is 2.74. The zero-order valence-corrected chi connectivity index (χ0v) is 7.99. The third-order valence-electron chi connectivity index (χ3n) is 1.78. The van der Waals surface area contributed by atoms with E-state index in [9.17, 15) is 4.79 Å². The molecule has 0 aromatic heterocycles. The highest BCUT2D eigenvalue weighted by Crippen LogP contribution is 2.11. The standard InChI is InChI=1S/C10H15N3O/c11-6-2-5-10(14)13-9-4-1-3-8(12)7-9/h1,3-4,7H,2,5-6,11-12H2,(H,13,14). The Morgan fingerprint density at radius 2 is 2.21 bits per heavy atom. The summed E-state index contributed by atoms with van der Waals surface area (Å²) in [5.41, 5.74) is 12.2. The molecule has 0 heterocycles. The Hall–Kier alpha value is -1.55. The van der Waals surface area contributed by atoms with Crippen LogP contribution in [0.15, 0.2) is 24.3 Å².